The second kappa shape index (κ2) is 6.18. The topological polar surface area (TPSA) is 68.3 Å². The molecule has 0 fully saturated rings. The number of hydrogen-bond donors (Lipinski definition) is 1. The summed E-state index contributed by atoms with van der Waals surface area (Å²) in [5.41, 5.74) is 7.64. The number of benzene rings is 2. The van der Waals surface area contributed by atoms with E-state index >= 15 is 0 Å². The van der Waals surface area contributed by atoms with Gasteiger partial charge in [0.05, 0.1) is 24.4 Å². The van der Waals surface area contributed by atoms with E-state index in [4.69, 9.17) is 32.1 Å². The number of nitrogen functional groups attached to an aromatic ring is 1. The fourth-order valence-corrected chi connectivity index (χ4v) is 1.93. The third kappa shape index (κ3) is 3.14. The molecule has 5 heteroatoms. The molecule has 2 N–H and O–H groups in total. The van der Waals surface area contributed by atoms with Gasteiger partial charge in [-0.15, -0.1) is 0 Å². The molecule has 0 radical (unpaired) electrons. The summed E-state index contributed by atoms with van der Waals surface area (Å²) in [7, 11) is 1.56. The van der Waals surface area contributed by atoms with Gasteiger partial charge in [-0.3, -0.25) is 0 Å². The number of methoxy groups -OCH3 is 1. The summed E-state index contributed by atoms with van der Waals surface area (Å²) in [6.45, 7) is 0.302. The van der Waals surface area contributed by atoms with Crippen LogP contribution in [0.1, 0.15) is 11.1 Å². The Balaban J connectivity index is 2.09. The lowest BCUT2D eigenvalue weighted by Gasteiger charge is -2.10. The first-order valence-electron chi connectivity index (χ1n) is 5.89. The van der Waals surface area contributed by atoms with E-state index in [1.165, 1.54) is 0 Å². The molecule has 0 saturated carbocycles. The molecule has 0 unspecified atom stereocenters. The van der Waals surface area contributed by atoms with E-state index in [-0.39, 0.29) is 0 Å². The smallest absolute Gasteiger partial charge is 0.142 e. The predicted molar refractivity (Wildman–Crippen MR) is 77.9 cm³/mol. The molecule has 0 amide bonds. The molecule has 0 atom stereocenters. The van der Waals surface area contributed by atoms with Crippen LogP contribution in [0.5, 0.6) is 11.5 Å². The standard InChI is InChI=1S/C15H13ClN2O2/c1-19-15-5-4-12(7-14(15)18)20-9-11-3-2-10(8-17)6-13(11)16/h2-7H,9,18H2,1H3. The highest BCUT2D eigenvalue weighted by Crippen LogP contribution is 2.27. The third-order valence-corrected chi connectivity index (χ3v) is 3.13. The van der Waals surface area contributed by atoms with Gasteiger partial charge in [-0.05, 0) is 24.3 Å². The van der Waals surface area contributed by atoms with Crippen molar-refractivity contribution in [2.45, 2.75) is 6.61 Å². The summed E-state index contributed by atoms with van der Waals surface area (Å²) in [4.78, 5) is 0. The number of rotatable bonds is 4. The minimum absolute atomic E-state index is 0.302. The largest absolute Gasteiger partial charge is 0.495 e. The normalized spacial score (nSPS) is 9.85. The van der Waals surface area contributed by atoms with Crippen LogP contribution < -0.4 is 15.2 Å². The fourth-order valence-electron chi connectivity index (χ4n) is 1.70. The maximum Gasteiger partial charge on any atom is 0.142 e. The van der Waals surface area contributed by atoms with Gasteiger partial charge in [0.15, 0.2) is 0 Å². The van der Waals surface area contributed by atoms with Crippen molar-refractivity contribution in [1.29, 1.82) is 5.26 Å². The molecule has 2 rings (SSSR count). The van der Waals surface area contributed by atoms with Crippen LogP contribution >= 0.6 is 11.6 Å². The third-order valence-electron chi connectivity index (χ3n) is 2.78. The Morgan fingerprint density at radius 1 is 1.25 bits per heavy atom. The highest BCUT2D eigenvalue weighted by molar-refractivity contribution is 6.31. The van der Waals surface area contributed by atoms with E-state index in [0.29, 0.717) is 34.4 Å². The van der Waals surface area contributed by atoms with Crippen molar-refractivity contribution < 1.29 is 9.47 Å². The number of anilines is 1. The van der Waals surface area contributed by atoms with Crippen LogP contribution in [0.25, 0.3) is 0 Å². The van der Waals surface area contributed by atoms with Crippen LogP contribution in [-0.2, 0) is 6.61 Å². The van der Waals surface area contributed by atoms with Crippen molar-refractivity contribution in [2.75, 3.05) is 12.8 Å². The van der Waals surface area contributed by atoms with Gasteiger partial charge in [0, 0.05) is 16.7 Å². The molecule has 0 bridgehead atoms. The Kier molecular flexibility index (Phi) is 4.34. The van der Waals surface area contributed by atoms with E-state index in [9.17, 15) is 0 Å². The molecule has 0 aliphatic carbocycles. The first-order chi connectivity index (χ1) is 9.63. The highest BCUT2D eigenvalue weighted by Gasteiger charge is 2.05. The van der Waals surface area contributed by atoms with Gasteiger partial charge in [0.1, 0.15) is 18.1 Å². The van der Waals surface area contributed by atoms with Crippen LogP contribution in [0.15, 0.2) is 36.4 Å². The number of hydrogen-bond acceptors (Lipinski definition) is 4. The van der Waals surface area contributed by atoms with Crippen molar-refractivity contribution >= 4 is 17.3 Å². The van der Waals surface area contributed by atoms with E-state index in [1.54, 1.807) is 43.5 Å². The molecule has 102 valence electrons. The van der Waals surface area contributed by atoms with Crippen molar-refractivity contribution in [3.8, 4) is 17.6 Å². The monoisotopic (exact) mass is 288 g/mol. The average Bonchev–Trinajstić information content (AvgIpc) is 2.46. The Morgan fingerprint density at radius 3 is 2.65 bits per heavy atom. The van der Waals surface area contributed by atoms with Gasteiger partial charge in [0.25, 0.3) is 0 Å². The SMILES string of the molecule is COc1ccc(OCc2ccc(C#N)cc2Cl)cc1N. The summed E-state index contributed by atoms with van der Waals surface area (Å²) < 4.78 is 10.7. The summed E-state index contributed by atoms with van der Waals surface area (Å²) in [6, 6.07) is 12.3. The molecule has 20 heavy (non-hydrogen) atoms. The van der Waals surface area contributed by atoms with Crippen LogP contribution in [0.3, 0.4) is 0 Å². The van der Waals surface area contributed by atoms with Crippen molar-refractivity contribution in [1.82, 2.24) is 0 Å². The molecule has 0 aliphatic rings. The summed E-state index contributed by atoms with van der Waals surface area (Å²) >= 11 is 6.08. The van der Waals surface area contributed by atoms with Crippen molar-refractivity contribution in [3.63, 3.8) is 0 Å². The zero-order valence-electron chi connectivity index (χ0n) is 10.9. The van der Waals surface area contributed by atoms with Gasteiger partial charge >= 0.3 is 0 Å². The lowest BCUT2D eigenvalue weighted by molar-refractivity contribution is 0.306. The molecular formula is C15H13ClN2O2. The minimum atomic E-state index is 0.302. The second-order valence-electron chi connectivity index (χ2n) is 4.11. The van der Waals surface area contributed by atoms with E-state index in [1.807, 2.05) is 6.07 Å². The molecule has 2 aromatic rings. The summed E-state index contributed by atoms with van der Waals surface area (Å²) in [5.74, 6) is 1.23. The number of nitriles is 1. The van der Waals surface area contributed by atoms with Gasteiger partial charge < -0.3 is 15.2 Å². The number of nitrogens with two attached hydrogens (primary N) is 1. The molecular weight excluding hydrogens is 276 g/mol. The lowest BCUT2D eigenvalue weighted by atomic mass is 10.1. The van der Waals surface area contributed by atoms with Crippen LogP contribution in [-0.4, -0.2) is 7.11 Å². The van der Waals surface area contributed by atoms with Gasteiger partial charge in [-0.2, -0.15) is 5.26 Å². The van der Waals surface area contributed by atoms with Gasteiger partial charge in [0.2, 0.25) is 0 Å². The first-order valence-corrected chi connectivity index (χ1v) is 6.26. The molecule has 0 spiro atoms. The zero-order chi connectivity index (χ0) is 14.5. The Labute approximate surface area is 122 Å². The Morgan fingerprint density at radius 2 is 2.05 bits per heavy atom. The molecule has 0 saturated heterocycles. The second-order valence-corrected chi connectivity index (χ2v) is 4.52. The van der Waals surface area contributed by atoms with Crippen LogP contribution in [0.4, 0.5) is 5.69 Å². The summed E-state index contributed by atoms with van der Waals surface area (Å²) in [6.07, 6.45) is 0. The van der Waals surface area contributed by atoms with Crippen LogP contribution in [0.2, 0.25) is 5.02 Å². The molecule has 0 heterocycles. The fraction of sp³-hybridized carbons (Fsp3) is 0.133. The molecule has 2 aromatic carbocycles. The quantitative estimate of drug-likeness (QED) is 0.876. The number of halogens is 1. The van der Waals surface area contributed by atoms with Crippen LogP contribution in [0, 0.1) is 11.3 Å². The first kappa shape index (κ1) is 14.0. The Hall–Kier alpha value is -2.38. The average molecular weight is 289 g/mol. The van der Waals surface area contributed by atoms with E-state index in [2.05, 4.69) is 0 Å². The minimum Gasteiger partial charge on any atom is -0.495 e. The molecule has 0 aliphatic heterocycles. The highest BCUT2D eigenvalue weighted by atomic mass is 35.5. The molecule has 0 aromatic heterocycles. The van der Waals surface area contributed by atoms with Crippen molar-refractivity contribution in [2.24, 2.45) is 0 Å². The van der Waals surface area contributed by atoms with Gasteiger partial charge in [-0.25, -0.2) is 0 Å². The number of nitrogens with zero attached hydrogens (tertiary/aromatic N) is 1. The number of ether oxygens (including phenoxy) is 2. The lowest BCUT2D eigenvalue weighted by Crippen LogP contribution is -1.98. The van der Waals surface area contributed by atoms with E-state index < -0.39 is 0 Å². The Bertz CT molecular complexity index is 665. The van der Waals surface area contributed by atoms with Gasteiger partial charge in [-0.1, -0.05) is 17.7 Å². The van der Waals surface area contributed by atoms with Crippen molar-refractivity contribution in [3.05, 3.63) is 52.5 Å². The zero-order valence-corrected chi connectivity index (χ0v) is 11.6. The summed E-state index contributed by atoms with van der Waals surface area (Å²) in [5, 5.41) is 9.28. The predicted octanol–water partition coefficient (Wildman–Crippen LogP) is 3.38. The maximum absolute atomic E-state index is 8.78. The molecule has 4 nitrogen and oxygen atoms in total. The van der Waals surface area contributed by atoms with E-state index in [0.717, 1.165) is 5.56 Å². The maximum atomic E-state index is 8.78.